The quantitative estimate of drug-likeness (QED) is 0.180. The van der Waals surface area contributed by atoms with Gasteiger partial charge in [-0.3, -0.25) is 14.4 Å². The molecular formula is C24H22Cl3F3N4O4S2. The van der Waals surface area contributed by atoms with E-state index in [1.54, 1.807) is 43.3 Å². The number of benzene rings is 2. The van der Waals surface area contributed by atoms with Crippen LogP contribution in [0.5, 0.6) is 0 Å². The Morgan fingerprint density at radius 3 is 2.38 bits per heavy atom. The Morgan fingerprint density at radius 1 is 1.15 bits per heavy atom. The summed E-state index contributed by atoms with van der Waals surface area (Å²) in [6.45, 7) is 3.02. The topological polar surface area (TPSA) is 93.5 Å². The molecule has 1 saturated heterocycles. The summed E-state index contributed by atoms with van der Waals surface area (Å²) in [6.07, 6.45) is 0.164. The minimum atomic E-state index is -5.91. The second kappa shape index (κ2) is 11.3. The standard InChI is InChI=1S/C24H22Cl3F3N4O4S2/c1-13-19(21(35)32-33-11-3-10-23(2,22(33)39)38-40(36,37)24(28,29)30)31-34(18-9-8-16(26)12-17(18)27)20(13)14-4-6-15(25)7-5-14/h4-9,12,22,39H,3,10-11H2,1-2H3,(H,32,35). The number of rotatable bonds is 6. The van der Waals surface area contributed by atoms with Gasteiger partial charge < -0.3 is 0 Å². The molecule has 1 aliphatic rings. The van der Waals surface area contributed by atoms with Gasteiger partial charge in [0.05, 0.1) is 16.4 Å². The van der Waals surface area contributed by atoms with E-state index >= 15 is 0 Å². The summed E-state index contributed by atoms with van der Waals surface area (Å²) in [5.74, 6) is -0.710. The van der Waals surface area contributed by atoms with Crippen LogP contribution in [0.25, 0.3) is 16.9 Å². The number of alkyl halides is 3. The molecule has 8 nitrogen and oxygen atoms in total. The fourth-order valence-electron chi connectivity index (χ4n) is 4.35. The van der Waals surface area contributed by atoms with E-state index in [4.69, 9.17) is 34.8 Å². The zero-order valence-corrected chi connectivity index (χ0v) is 24.8. The summed E-state index contributed by atoms with van der Waals surface area (Å²) < 4.78 is 68.5. The Morgan fingerprint density at radius 2 is 1.77 bits per heavy atom. The zero-order valence-electron chi connectivity index (χ0n) is 20.8. The van der Waals surface area contributed by atoms with Crippen molar-refractivity contribution in [2.24, 2.45) is 0 Å². The van der Waals surface area contributed by atoms with Gasteiger partial charge in [0.15, 0.2) is 5.69 Å². The van der Waals surface area contributed by atoms with E-state index in [1.165, 1.54) is 22.7 Å². The molecule has 0 radical (unpaired) electrons. The van der Waals surface area contributed by atoms with Crippen LogP contribution in [0.4, 0.5) is 13.2 Å². The van der Waals surface area contributed by atoms with Crippen molar-refractivity contribution in [2.45, 2.75) is 43.2 Å². The highest BCUT2D eigenvalue weighted by molar-refractivity contribution is 7.87. The van der Waals surface area contributed by atoms with Crippen LogP contribution in [0.3, 0.4) is 0 Å². The molecule has 2 heterocycles. The first-order valence-corrected chi connectivity index (χ1v) is 14.7. The van der Waals surface area contributed by atoms with Gasteiger partial charge in [-0.05, 0) is 57.0 Å². The SMILES string of the molecule is Cc1c(C(=O)NN2CCCC(C)(OS(=O)(=O)C(F)(F)F)C2S)nn(-c2ccc(Cl)cc2Cl)c1-c1ccc(Cl)cc1. The van der Waals surface area contributed by atoms with Crippen molar-refractivity contribution in [3.8, 4) is 16.9 Å². The summed E-state index contributed by atoms with van der Waals surface area (Å²) in [5, 5.41) is 5.64. The Labute approximate surface area is 248 Å². The minimum Gasteiger partial charge on any atom is -0.282 e. The third-order valence-electron chi connectivity index (χ3n) is 6.34. The van der Waals surface area contributed by atoms with E-state index in [9.17, 15) is 26.4 Å². The minimum absolute atomic E-state index is 0.0207. The van der Waals surface area contributed by atoms with Crippen molar-refractivity contribution in [1.29, 1.82) is 0 Å². The summed E-state index contributed by atoms with van der Waals surface area (Å²) in [6, 6.07) is 11.6. The lowest BCUT2D eigenvalue weighted by Gasteiger charge is -2.44. The molecular weight excluding hydrogens is 636 g/mol. The molecule has 1 fully saturated rings. The van der Waals surface area contributed by atoms with Crippen LogP contribution in [-0.2, 0) is 14.3 Å². The molecule has 0 saturated carbocycles. The largest absolute Gasteiger partial charge is 0.523 e. The zero-order chi connectivity index (χ0) is 29.6. The Bertz CT molecular complexity index is 1550. The lowest BCUT2D eigenvalue weighted by atomic mass is 9.96. The third-order valence-corrected chi connectivity index (χ3v) is 9.12. The number of aromatic nitrogens is 2. The van der Waals surface area contributed by atoms with Crippen LogP contribution < -0.4 is 5.43 Å². The Balaban J connectivity index is 1.70. The number of carbonyl (C=O) groups is 1. The highest BCUT2D eigenvalue weighted by Gasteiger charge is 2.54. The van der Waals surface area contributed by atoms with Gasteiger partial charge in [0.1, 0.15) is 11.0 Å². The number of halogens is 6. The molecule has 4 rings (SSSR count). The summed E-state index contributed by atoms with van der Waals surface area (Å²) in [7, 11) is -5.91. The van der Waals surface area contributed by atoms with Gasteiger partial charge in [-0.15, -0.1) is 0 Å². The van der Waals surface area contributed by atoms with Crippen molar-refractivity contribution < 1.29 is 30.6 Å². The first kappa shape index (κ1) is 30.9. The van der Waals surface area contributed by atoms with E-state index in [2.05, 4.69) is 27.3 Å². The van der Waals surface area contributed by atoms with E-state index in [1.807, 2.05) is 0 Å². The molecule has 3 aromatic rings. The van der Waals surface area contributed by atoms with Crippen LogP contribution in [-0.4, -0.2) is 52.1 Å². The molecule has 1 N–H and O–H groups in total. The highest BCUT2D eigenvalue weighted by atomic mass is 35.5. The lowest BCUT2D eigenvalue weighted by molar-refractivity contribution is -0.0782. The van der Waals surface area contributed by atoms with Crippen molar-refractivity contribution in [3.63, 3.8) is 0 Å². The van der Waals surface area contributed by atoms with Gasteiger partial charge in [-0.25, -0.2) is 9.69 Å². The summed E-state index contributed by atoms with van der Waals surface area (Å²) >= 11 is 22.9. The first-order valence-electron chi connectivity index (χ1n) is 11.6. The van der Waals surface area contributed by atoms with Gasteiger partial charge in [0, 0.05) is 27.7 Å². The fourth-order valence-corrected chi connectivity index (χ4v) is 6.16. The van der Waals surface area contributed by atoms with Crippen molar-refractivity contribution in [1.82, 2.24) is 20.2 Å². The van der Waals surface area contributed by atoms with Crippen LogP contribution in [0.2, 0.25) is 15.1 Å². The van der Waals surface area contributed by atoms with Crippen molar-refractivity contribution in [2.75, 3.05) is 6.54 Å². The second-order valence-electron chi connectivity index (χ2n) is 9.24. The maximum Gasteiger partial charge on any atom is 0.523 e. The molecule has 216 valence electrons. The number of hydrazine groups is 1. The predicted molar refractivity (Wildman–Crippen MR) is 149 cm³/mol. The highest BCUT2D eigenvalue weighted by Crippen LogP contribution is 2.38. The Hall–Kier alpha value is -2.00. The number of piperidine rings is 1. The molecule has 16 heteroatoms. The van der Waals surface area contributed by atoms with Crippen LogP contribution in [0.1, 0.15) is 35.8 Å². The number of amides is 1. The summed E-state index contributed by atoms with van der Waals surface area (Å²) in [5.41, 5.74) is -2.84. The molecule has 2 unspecified atom stereocenters. The molecule has 1 aliphatic heterocycles. The molecule has 2 aromatic carbocycles. The first-order chi connectivity index (χ1) is 18.5. The molecule has 1 aromatic heterocycles. The van der Waals surface area contributed by atoms with Gasteiger partial charge in [-0.2, -0.15) is 39.3 Å². The molecule has 0 spiro atoms. The van der Waals surface area contributed by atoms with Crippen LogP contribution in [0.15, 0.2) is 42.5 Å². The molecule has 40 heavy (non-hydrogen) atoms. The second-order valence-corrected chi connectivity index (χ2v) is 12.6. The number of nitrogens with zero attached hydrogens (tertiary/aromatic N) is 3. The molecule has 2 atom stereocenters. The van der Waals surface area contributed by atoms with E-state index in [0.29, 0.717) is 32.6 Å². The number of nitrogens with one attached hydrogen (secondary N) is 1. The Kier molecular flexibility index (Phi) is 8.78. The van der Waals surface area contributed by atoms with Gasteiger partial charge >= 0.3 is 15.6 Å². The predicted octanol–water partition coefficient (Wildman–Crippen LogP) is 6.43. The molecule has 1 amide bonds. The van der Waals surface area contributed by atoms with Crippen LogP contribution in [0, 0.1) is 6.92 Å². The fraction of sp³-hybridized carbons (Fsp3) is 0.333. The number of hydrogen-bond donors (Lipinski definition) is 2. The smallest absolute Gasteiger partial charge is 0.282 e. The maximum absolute atomic E-state index is 13.5. The summed E-state index contributed by atoms with van der Waals surface area (Å²) in [4.78, 5) is 13.5. The van der Waals surface area contributed by atoms with E-state index < -0.39 is 32.5 Å². The molecule has 0 aliphatic carbocycles. The monoisotopic (exact) mass is 656 g/mol. The number of carbonyl (C=O) groups excluding carboxylic acids is 1. The van der Waals surface area contributed by atoms with E-state index in [-0.39, 0.29) is 30.1 Å². The van der Waals surface area contributed by atoms with Gasteiger partial charge in [0.2, 0.25) is 0 Å². The average Bonchev–Trinajstić information content (AvgIpc) is 3.18. The lowest BCUT2D eigenvalue weighted by Crippen LogP contribution is -2.60. The normalized spacial score (nSPS) is 20.5. The number of hydrogen-bond acceptors (Lipinski definition) is 7. The molecule has 0 bridgehead atoms. The van der Waals surface area contributed by atoms with Crippen molar-refractivity contribution >= 4 is 63.5 Å². The van der Waals surface area contributed by atoms with Gasteiger partial charge in [0.25, 0.3) is 5.91 Å². The third kappa shape index (κ3) is 6.10. The van der Waals surface area contributed by atoms with Crippen LogP contribution >= 0.6 is 47.4 Å². The van der Waals surface area contributed by atoms with Crippen molar-refractivity contribution in [3.05, 3.63) is 68.8 Å². The number of thiol groups is 1. The average molecular weight is 658 g/mol. The van der Waals surface area contributed by atoms with Gasteiger partial charge in [-0.1, -0.05) is 46.9 Å². The maximum atomic E-state index is 13.5. The van der Waals surface area contributed by atoms with E-state index in [0.717, 1.165) is 0 Å².